The fourth-order valence-electron chi connectivity index (χ4n) is 4.63. The lowest BCUT2D eigenvalue weighted by Gasteiger charge is -2.26. The summed E-state index contributed by atoms with van der Waals surface area (Å²) in [7, 11) is 0. The summed E-state index contributed by atoms with van der Waals surface area (Å²) in [5.74, 6) is -0.266. The standard InChI is InChI=1S/C29H25Cl2NO3/c1-16-13-23-20(14-22(16)31)26(33)24-25(17-9-11-19(12-10-17)29(2,3)4)32(28(34)27(24)35-23)15-18-7-5-6-8-21(18)30/h5-14,25H,15H2,1-4H3. The van der Waals surface area contributed by atoms with E-state index in [1.165, 1.54) is 0 Å². The Labute approximate surface area is 214 Å². The number of rotatable bonds is 3. The van der Waals surface area contributed by atoms with E-state index in [1.807, 2.05) is 49.4 Å². The summed E-state index contributed by atoms with van der Waals surface area (Å²) >= 11 is 12.8. The van der Waals surface area contributed by atoms with Crippen LogP contribution in [0.4, 0.5) is 0 Å². The van der Waals surface area contributed by atoms with Crippen LogP contribution in [-0.2, 0) is 12.0 Å². The van der Waals surface area contributed by atoms with Gasteiger partial charge in [0, 0.05) is 16.6 Å². The van der Waals surface area contributed by atoms with E-state index in [2.05, 4.69) is 20.8 Å². The summed E-state index contributed by atoms with van der Waals surface area (Å²) in [6.45, 7) is 8.51. The third-order valence-corrected chi connectivity index (χ3v) is 7.41. The molecule has 1 unspecified atom stereocenters. The number of carbonyl (C=O) groups is 1. The minimum absolute atomic E-state index is 0.0248. The normalized spacial score (nSPS) is 15.7. The zero-order valence-electron chi connectivity index (χ0n) is 20.0. The molecular formula is C29H25Cl2NO3. The molecule has 4 aromatic rings. The molecule has 3 aromatic carbocycles. The lowest BCUT2D eigenvalue weighted by atomic mass is 9.86. The van der Waals surface area contributed by atoms with Gasteiger partial charge < -0.3 is 9.32 Å². The third-order valence-electron chi connectivity index (χ3n) is 6.64. The van der Waals surface area contributed by atoms with Gasteiger partial charge in [-0.1, -0.05) is 86.4 Å². The maximum absolute atomic E-state index is 13.8. The Morgan fingerprint density at radius 2 is 1.63 bits per heavy atom. The van der Waals surface area contributed by atoms with Crippen LogP contribution in [-0.4, -0.2) is 10.8 Å². The first-order chi connectivity index (χ1) is 16.6. The van der Waals surface area contributed by atoms with Gasteiger partial charge in [0.15, 0.2) is 5.43 Å². The summed E-state index contributed by atoms with van der Waals surface area (Å²) in [4.78, 5) is 29.1. The van der Waals surface area contributed by atoms with E-state index in [-0.39, 0.29) is 29.1 Å². The summed E-state index contributed by atoms with van der Waals surface area (Å²) in [5, 5.41) is 1.40. The number of halogens is 2. The van der Waals surface area contributed by atoms with Crippen molar-refractivity contribution in [2.24, 2.45) is 0 Å². The van der Waals surface area contributed by atoms with E-state index < -0.39 is 6.04 Å². The maximum atomic E-state index is 13.8. The van der Waals surface area contributed by atoms with Gasteiger partial charge in [0.2, 0.25) is 5.76 Å². The Balaban J connectivity index is 1.73. The number of hydrogen-bond acceptors (Lipinski definition) is 3. The van der Waals surface area contributed by atoms with Crippen molar-refractivity contribution in [3.05, 3.63) is 115 Å². The number of aryl methyl sites for hydroxylation is 1. The second-order valence-electron chi connectivity index (χ2n) is 10.1. The first-order valence-corrected chi connectivity index (χ1v) is 12.2. The van der Waals surface area contributed by atoms with Crippen molar-refractivity contribution in [3.8, 4) is 0 Å². The van der Waals surface area contributed by atoms with E-state index in [0.717, 1.165) is 22.3 Å². The van der Waals surface area contributed by atoms with E-state index in [0.29, 0.717) is 26.6 Å². The molecular weight excluding hydrogens is 481 g/mol. The predicted octanol–water partition coefficient (Wildman–Crippen LogP) is 7.45. The highest BCUT2D eigenvalue weighted by molar-refractivity contribution is 6.32. The number of amides is 1. The number of fused-ring (bicyclic) bond motifs is 2. The first-order valence-electron chi connectivity index (χ1n) is 11.5. The molecule has 0 fully saturated rings. The van der Waals surface area contributed by atoms with Crippen molar-refractivity contribution < 1.29 is 9.21 Å². The minimum atomic E-state index is -0.608. The van der Waals surface area contributed by atoms with E-state index in [9.17, 15) is 9.59 Å². The molecule has 0 saturated carbocycles. The van der Waals surface area contributed by atoms with Gasteiger partial charge in [0.25, 0.3) is 5.91 Å². The van der Waals surface area contributed by atoms with Gasteiger partial charge in [-0.2, -0.15) is 0 Å². The van der Waals surface area contributed by atoms with Crippen LogP contribution in [0.25, 0.3) is 11.0 Å². The van der Waals surface area contributed by atoms with E-state index in [1.54, 1.807) is 23.1 Å². The Morgan fingerprint density at radius 3 is 2.29 bits per heavy atom. The van der Waals surface area contributed by atoms with Crippen LogP contribution in [0.5, 0.6) is 0 Å². The van der Waals surface area contributed by atoms with Crippen molar-refractivity contribution in [2.75, 3.05) is 0 Å². The molecule has 5 rings (SSSR count). The molecule has 1 atom stereocenters. The number of hydrogen-bond donors (Lipinski definition) is 0. The molecule has 6 heteroatoms. The van der Waals surface area contributed by atoms with Crippen LogP contribution in [0.2, 0.25) is 10.0 Å². The van der Waals surface area contributed by atoms with Crippen LogP contribution < -0.4 is 5.43 Å². The molecule has 0 aliphatic carbocycles. The monoisotopic (exact) mass is 505 g/mol. The molecule has 4 nitrogen and oxygen atoms in total. The molecule has 1 aliphatic heterocycles. The second-order valence-corrected chi connectivity index (χ2v) is 10.9. The molecule has 35 heavy (non-hydrogen) atoms. The fourth-order valence-corrected chi connectivity index (χ4v) is 4.99. The van der Waals surface area contributed by atoms with Gasteiger partial charge in [-0.05, 0) is 52.8 Å². The minimum Gasteiger partial charge on any atom is -0.450 e. The summed E-state index contributed by atoms with van der Waals surface area (Å²) < 4.78 is 6.08. The Morgan fingerprint density at radius 1 is 0.943 bits per heavy atom. The van der Waals surface area contributed by atoms with Gasteiger partial charge in [0.05, 0.1) is 17.0 Å². The molecule has 0 saturated heterocycles. The highest BCUT2D eigenvalue weighted by Crippen LogP contribution is 2.40. The SMILES string of the molecule is Cc1cc2oc3c(c(=O)c2cc1Cl)C(c1ccc(C(C)(C)C)cc1)N(Cc1ccccc1Cl)C3=O. The number of nitrogens with zero attached hydrogens (tertiary/aromatic N) is 1. The Kier molecular flexibility index (Phi) is 5.77. The smallest absolute Gasteiger partial charge is 0.291 e. The van der Waals surface area contributed by atoms with Gasteiger partial charge in [-0.25, -0.2) is 0 Å². The molecule has 0 bridgehead atoms. The van der Waals surface area contributed by atoms with Gasteiger partial charge in [-0.15, -0.1) is 0 Å². The second kappa shape index (κ2) is 8.54. The average Bonchev–Trinajstić information content (AvgIpc) is 3.08. The summed E-state index contributed by atoms with van der Waals surface area (Å²) in [6.07, 6.45) is 0. The van der Waals surface area contributed by atoms with Crippen LogP contribution in [0.3, 0.4) is 0 Å². The van der Waals surface area contributed by atoms with Crippen molar-refractivity contribution in [1.82, 2.24) is 4.90 Å². The summed E-state index contributed by atoms with van der Waals surface area (Å²) in [5.41, 5.74) is 3.98. The van der Waals surface area contributed by atoms with Crippen molar-refractivity contribution in [2.45, 2.75) is 45.7 Å². The maximum Gasteiger partial charge on any atom is 0.291 e. The topological polar surface area (TPSA) is 50.5 Å². The molecule has 0 radical (unpaired) electrons. The van der Waals surface area contributed by atoms with Crippen LogP contribution in [0, 0.1) is 6.92 Å². The average molecular weight is 506 g/mol. The zero-order chi connectivity index (χ0) is 25.1. The molecule has 0 N–H and O–H groups in total. The summed E-state index contributed by atoms with van der Waals surface area (Å²) in [6, 6.07) is 18.2. The molecule has 1 aromatic heterocycles. The van der Waals surface area contributed by atoms with E-state index >= 15 is 0 Å². The quantitative estimate of drug-likeness (QED) is 0.290. The highest BCUT2D eigenvalue weighted by atomic mass is 35.5. The Hall–Kier alpha value is -3.08. The largest absolute Gasteiger partial charge is 0.450 e. The molecule has 178 valence electrons. The van der Waals surface area contributed by atoms with Gasteiger partial charge >= 0.3 is 0 Å². The predicted molar refractivity (Wildman–Crippen MR) is 141 cm³/mol. The fraction of sp³-hybridized carbons (Fsp3) is 0.241. The Bertz CT molecular complexity index is 1530. The van der Waals surface area contributed by atoms with Crippen LogP contribution >= 0.6 is 23.2 Å². The number of benzene rings is 3. The van der Waals surface area contributed by atoms with Crippen molar-refractivity contribution in [3.63, 3.8) is 0 Å². The van der Waals surface area contributed by atoms with Gasteiger partial charge in [-0.3, -0.25) is 9.59 Å². The van der Waals surface area contributed by atoms with Crippen LogP contribution in [0.1, 0.15) is 65.2 Å². The van der Waals surface area contributed by atoms with Crippen molar-refractivity contribution >= 4 is 40.1 Å². The highest BCUT2D eigenvalue weighted by Gasteiger charge is 2.43. The zero-order valence-corrected chi connectivity index (χ0v) is 21.5. The van der Waals surface area contributed by atoms with E-state index in [4.69, 9.17) is 27.6 Å². The van der Waals surface area contributed by atoms with Crippen LogP contribution in [0.15, 0.2) is 69.9 Å². The third kappa shape index (κ3) is 4.05. The molecule has 0 spiro atoms. The molecule has 1 amide bonds. The van der Waals surface area contributed by atoms with Gasteiger partial charge in [0.1, 0.15) is 5.58 Å². The first kappa shape index (κ1) is 23.7. The molecule has 1 aliphatic rings. The van der Waals surface area contributed by atoms with Crippen molar-refractivity contribution in [1.29, 1.82) is 0 Å². The lowest BCUT2D eigenvalue weighted by Crippen LogP contribution is -2.29. The molecule has 2 heterocycles. The lowest BCUT2D eigenvalue weighted by molar-refractivity contribution is 0.0714. The number of carbonyl (C=O) groups excluding carboxylic acids is 1.